The van der Waals surface area contributed by atoms with Gasteiger partial charge in [-0.3, -0.25) is 4.68 Å². The minimum Gasteiger partial charge on any atom is -0.477 e. The van der Waals surface area contributed by atoms with Gasteiger partial charge in [0.15, 0.2) is 0 Å². The lowest BCUT2D eigenvalue weighted by molar-refractivity contribution is 0.191. The van der Waals surface area contributed by atoms with Crippen LogP contribution < -0.4 is 15.4 Å². The highest BCUT2D eigenvalue weighted by atomic mass is 35.5. The van der Waals surface area contributed by atoms with Gasteiger partial charge in [0.05, 0.1) is 36.0 Å². The lowest BCUT2D eigenvalue weighted by Gasteiger charge is -2.32. The molecule has 0 bridgehead atoms. The van der Waals surface area contributed by atoms with E-state index in [-0.39, 0.29) is 11.3 Å². The van der Waals surface area contributed by atoms with Gasteiger partial charge in [0.2, 0.25) is 11.8 Å². The van der Waals surface area contributed by atoms with E-state index in [0.29, 0.717) is 36.4 Å². The monoisotopic (exact) mass is 429 g/mol. The Hall–Kier alpha value is -2.37. The number of aryl methyl sites for hydroxylation is 1. The molecular formula is C21H28ClN7O. The van der Waals surface area contributed by atoms with E-state index in [1.165, 1.54) is 0 Å². The number of alkyl halides is 1. The van der Waals surface area contributed by atoms with Gasteiger partial charge in [-0.25, -0.2) is 4.98 Å². The van der Waals surface area contributed by atoms with Crippen LogP contribution in [0.3, 0.4) is 0 Å². The van der Waals surface area contributed by atoms with E-state index in [1.807, 2.05) is 24.9 Å². The highest BCUT2D eigenvalue weighted by molar-refractivity contribution is 6.21. The van der Waals surface area contributed by atoms with Crippen molar-refractivity contribution in [3.63, 3.8) is 0 Å². The van der Waals surface area contributed by atoms with Gasteiger partial charge in [0.25, 0.3) is 0 Å². The fourth-order valence-electron chi connectivity index (χ4n) is 4.18. The third-order valence-electron chi connectivity index (χ3n) is 6.18. The zero-order valence-corrected chi connectivity index (χ0v) is 18.1. The number of nitrogens with zero attached hydrogens (tertiary/aromatic N) is 5. The normalized spacial score (nSPS) is 28.4. The van der Waals surface area contributed by atoms with Crippen molar-refractivity contribution in [2.24, 2.45) is 11.8 Å². The molecule has 0 radical (unpaired) electrons. The minimum atomic E-state index is 0.138. The second-order valence-corrected chi connectivity index (χ2v) is 8.86. The standard InChI is InChI=1S/C21H28ClN7O/c1-13-19(11-29(28-13)16-7-15(8-16)10-23)26-21-25-6-5-20(27-21)30-12-14-3-4-18(24-2)17(22)9-14/h5-6,11,14-18,24H,3-4,7-9,12H2,1-2H3,(H,25,26,27)/t14-,15?,16?,17-,18-/m1/s1. The van der Waals surface area contributed by atoms with Gasteiger partial charge in [-0.15, -0.1) is 11.6 Å². The Morgan fingerprint density at radius 2 is 2.17 bits per heavy atom. The van der Waals surface area contributed by atoms with Gasteiger partial charge in [-0.2, -0.15) is 15.3 Å². The summed E-state index contributed by atoms with van der Waals surface area (Å²) in [6, 6.07) is 4.76. The SMILES string of the molecule is CN[C@@H]1CC[C@@H](COc2ccnc(Nc3cn(C4CC(C#N)C4)nc3C)n2)C[C@H]1Cl. The van der Waals surface area contributed by atoms with Gasteiger partial charge in [-0.05, 0) is 52.0 Å². The topological polar surface area (TPSA) is 101 Å². The molecular weight excluding hydrogens is 402 g/mol. The zero-order valence-electron chi connectivity index (χ0n) is 17.4. The second-order valence-electron chi connectivity index (χ2n) is 8.30. The molecule has 2 aliphatic rings. The Labute approximate surface area is 182 Å². The van der Waals surface area contributed by atoms with Gasteiger partial charge >= 0.3 is 0 Å². The minimum absolute atomic E-state index is 0.138. The largest absolute Gasteiger partial charge is 0.477 e. The summed E-state index contributed by atoms with van der Waals surface area (Å²) in [4.78, 5) is 8.79. The summed E-state index contributed by atoms with van der Waals surface area (Å²) >= 11 is 6.47. The van der Waals surface area contributed by atoms with E-state index >= 15 is 0 Å². The van der Waals surface area contributed by atoms with Crippen molar-refractivity contribution in [3.8, 4) is 11.9 Å². The van der Waals surface area contributed by atoms with E-state index in [9.17, 15) is 0 Å². The van der Waals surface area contributed by atoms with Crippen LogP contribution in [0.5, 0.6) is 5.88 Å². The van der Waals surface area contributed by atoms with E-state index in [2.05, 4.69) is 31.8 Å². The molecule has 2 aliphatic carbocycles. The van der Waals surface area contributed by atoms with E-state index < -0.39 is 0 Å². The van der Waals surface area contributed by atoms with Gasteiger partial charge in [0.1, 0.15) is 0 Å². The van der Waals surface area contributed by atoms with E-state index in [4.69, 9.17) is 21.6 Å². The molecule has 2 saturated carbocycles. The molecule has 4 rings (SSSR count). The summed E-state index contributed by atoms with van der Waals surface area (Å²) in [6.07, 6.45) is 8.47. The smallest absolute Gasteiger partial charge is 0.230 e. The molecule has 2 aromatic heterocycles. The first-order valence-electron chi connectivity index (χ1n) is 10.5. The average molecular weight is 430 g/mol. The number of hydrogen-bond donors (Lipinski definition) is 2. The highest BCUT2D eigenvalue weighted by Gasteiger charge is 2.31. The summed E-state index contributed by atoms with van der Waals surface area (Å²) in [5.41, 5.74) is 1.74. The predicted octanol–water partition coefficient (Wildman–Crippen LogP) is 3.57. The van der Waals surface area contributed by atoms with Crippen LogP contribution in [0, 0.1) is 30.1 Å². The number of halogens is 1. The van der Waals surface area contributed by atoms with Crippen molar-refractivity contribution >= 4 is 23.2 Å². The maximum Gasteiger partial charge on any atom is 0.230 e. The Balaban J connectivity index is 1.33. The van der Waals surface area contributed by atoms with Crippen LogP contribution in [0.4, 0.5) is 11.6 Å². The summed E-state index contributed by atoms with van der Waals surface area (Å²) in [5.74, 6) is 1.61. The summed E-state index contributed by atoms with van der Waals surface area (Å²) < 4.78 is 7.88. The molecule has 30 heavy (non-hydrogen) atoms. The molecule has 9 heteroatoms. The van der Waals surface area contributed by atoms with Crippen LogP contribution >= 0.6 is 11.6 Å². The van der Waals surface area contributed by atoms with Crippen LogP contribution in [-0.2, 0) is 0 Å². The molecule has 0 aromatic carbocycles. The average Bonchev–Trinajstić information content (AvgIpc) is 3.06. The summed E-state index contributed by atoms with van der Waals surface area (Å²) in [6.45, 7) is 2.55. The molecule has 160 valence electrons. The lowest BCUT2D eigenvalue weighted by Crippen LogP contribution is -2.40. The van der Waals surface area contributed by atoms with E-state index in [1.54, 1.807) is 12.3 Å². The summed E-state index contributed by atoms with van der Waals surface area (Å²) in [7, 11) is 1.97. The Morgan fingerprint density at radius 1 is 1.33 bits per heavy atom. The van der Waals surface area contributed by atoms with Crippen molar-refractivity contribution in [2.75, 3.05) is 19.0 Å². The number of rotatable bonds is 7. The maximum atomic E-state index is 8.96. The Morgan fingerprint density at radius 3 is 2.90 bits per heavy atom. The first-order valence-corrected chi connectivity index (χ1v) is 11.0. The molecule has 2 heterocycles. The fourth-order valence-corrected chi connectivity index (χ4v) is 4.68. The molecule has 0 unspecified atom stereocenters. The third kappa shape index (κ3) is 4.68. The van der Waals surface area contributed by atoms with Crippen molar-refractivity contribution < 1.29 is 4.74 Å². The van der Waals surface area contributed by atoms with Crippen LogP contribution in [0.1, 0.15) is 43.8 Å². The van der Waals surface area contributed by atoms with Crippen LogP contribution in [0.15, 0.2) is 18.5 Å². The van der Waals surface area contributed by atoms with Crippen molar-refractivity contribution in [2.45, 2.75) is 56.5 Å². The quantitative estimate of drug-likeness (QED) is 0.648. The van der Waals surface area contributed by atoms with Crippen LogP contribution in [0.2, 0.25) is 0 Å². The molecule has 0 amide bonds. The number of anilines is 2. The fraction of sp³-hybridized carbons (Fsp3) is 0.619. The van der Waals surface area contributed by atoms with Crippen LogP contribution in [-0.4, -0.2) is 44.8 Å². The molecule has 0 aliphatic heterocycles. The Bertz CT molecular complexity index is 905. The Kier molecular flexibility index (Phi) is 6.40. The lowest BCUT2D eigenvalue weighted by atomic mass is 9.81. The number of ether oxygens (including phenoxy) is 1. The second kappa shape index (κ2) is 9.19. The van der Waals surface area contributed by atoms with Crippen molar-refractivity contribution in [1.82, 2.24) is 25.1 Å². The first-order chi connectivity index (χ1) is 14.6. The molecule has 0 spiro atoms. The maximum absolute atomic E-state index is 8.96. The van der Waals surface area contributed by atoms with Crippen LogP contribution in [0.25, 0.3) is 0 Å². The number of nitrogens with one attached hydrogen (secondary N) is 2. The van der Waals surface area contributed by atoms with Gasteiger partial charge in [0, 0.05) is 29.9 Å². The summed E-state index contributed by atoms with van der Waals surface area (Å²) in [5, 5.41) is 20.2. The molecule has 2 aromatic rings. The van der Waals surface area contributed by atoms with Gasteiger partial charge < -0.3 is 15.4 Å². The van der Waals surface area contributed by atoms with Crippen molar-refractivity contribution in [1.29, 1.82) is 5.26 Å². The molecule has 2 N–H and O–H groups in total. The molecule has 0 saturated heterocycles. The predicted molar refractivity (Wildman–Crippen MR) is 115 cm³/mol. The highest BCUT2D eigenvalue weighted by Crippen LogP contribution is 2.37. The first kappa shape index (κ1) is 20.9. The molecule has 2 fully saturated rings. The zero-order chi connectivity index (χ0) is 21.1. The van der Waals surface area contributed by atoms with E-state index in [0.717, 1.165) is 43.5 Å². The number of nitriles is 1. The third-order valence-corrected chi connectivity index (χ3v) is 6.66. The molecule has 3 atom stereocenters. The van der Waals surface area contributed by atoms with Crippen molar-refractivity contribution in [3.05, 3.63) is 24.2 Å². The number of hydrogen-bond acceptors (Lipinski definition) is 7. The van der Waals surface area contributed by atoms with Gasteiger partial charge in [-0.1, -0.05) is 0 Å². The molecule has 8 nitrogen and oxygen atoms in total. The number of aromatic nitrogens is 4.